The zero-order valence-electron chi connectivity index (χ0n) is 8.13. The molecule has 1 aliphatic carbocycles. The first-order chi connectivity index (χ1) is 5.86. The maximum Gasteiger partial charge on any atom is -0.00489 e. The molecule has 0 radical (unpaired) electrons. The molecule has 0 aromatic rings. The molecular weight excluding hydrogens is 146 g/mol. The maximum absolute atomic E-state index is 5.63. The quantitative estimate of drug-likeness (QED) is 0.643. The third kappa shape index (κ3) is 2.98. The van der Waals surface area contributed by atoms with Crippen molar-refractivity contribution in [2.24, 2.45) is 17.6 Å². The third-order valence-corrected chi connectivity index (χ3v) is 3.00. The van der Waals surface area contributed by atoms with Crippen molar-refractivity contribution in [1.82, 2.24) is 0 Å². The summed E-state index contributed by atoms with van der Waals surface area (Å²) in [6, 6.07) is 0. The molecule has 0 amide bonds. The molecule has 0 saturated heterocycles. The van der Waals surface area contributed by atoms with E-state index in [1.54, 1.807) is 0 Å². The molecule has 0 bridgehead atoms. The van der Waals surface area contributed by atoms with E-state index in [1.807, 2.05) is 0 Å². The lowest BCUT2D eigenvalue weighted by Crippen LogP contribution is -2.21. The van der Waals surface area contributed by atoms with E-state index in [0.717, 1.165) is 18.4 Å². The molecule has 2 N–H and O–H groups in total. The van der Waals surface area contributed by atoms with E-state index in [0.29, 0.717) is 0 Å². The minimum atomic E-state index is 0.826. The van der Waals surface area contributed by atoms with E-state index in [1.165, 1.54) is 32.1 Å². The Morgan fingerprint density at radius 3 is 2.25 bits per heavy atom. The Morgan fingerprint density at radius 1 is 1.17 bits per heavy atom. The average Bonchev–Trinajstić information content (AvgIpc) is 2.15. The van der Waals surface area contributed by atoms with Gasteiger partial charge in [0.1, 0.15) is 0 Å². The van der Waals surface area contributed by atoms with E-state index in [2.05, 4.69) is 19.1 Å². The highest BCUT2D eigenvalue weighted by atomic mass is 14.5. The predicted molar refractivity (Wildman–Crippen MR) is 53.9 cm³/mol. The fourth-order valence-corrected chi connectivity index (χ4v) is 2.03. The molecular formula is C11H21N. The van der Waals surface area contributed by atoms with Crippen molar-refractivity contribution in [2.45, 2.75) is 39.0 Å². The van der Waals surface area contributed by atoms with Crippen molar-refractivity contribution in [1.29, 1.82) is 0 Å². The van der Waals surface area contributed by atoms with Gasteiger partial charge in [0.15, 0.2) is 0 Å². The van der Waals surface area contributed by atoms with Crippen LogP contribution >= 0.6 is 0 Å². The summed E-state index contributed by atoms with van der Waals surface area (Å²) in [5.41, 5.74) is 5.63. The van der Waals surface area contributed by atoms with Crippen LogP contribution < -0.4 is 5.73 Å². The van der Waals surface area contributed by atoms with Crippen molar-refractivity contribution in [3.63, 3.8) is 0 Å². The second-order valence-corrected chi connectivity index (χ2v) is 3.93. The molecule has 0 heterocycles. The van der Waals surface area contributed by atoms with Gasteiger partial charge >= 0.3 is 0 Å². The van der Waals surface area contributed by atoms with E-state index in [9.17, 15) is 0 Å². The van der Waals surface area contributed by atoms with Gasteiger partial charge in [-0.2, -0.15) is 0 Å². The van der Waals surface area contributed by atoms with Crippen LogP contribution in [0.3, 0.4) is 0 Å². The normalized spacial score (nSPS) is 31.2. The highest BCUT2D eigenvalue weighted by Crippen LogP contribution is 2.30. The van der Waals surface area contributed by atoms with Gasteiger partial charge in [0.25, 0.3) is 0 Å². The second kappa shape index (κ2) is 5.36. The van der Waals surface area contributed by atoms with Crippen molar-refractivity contribution in [3.05, 3.63) is 12.2 Å². The summed E-state index contributed by atoms with van der Waals surface area (Å²) in [5, 5.41) is 0. The van der Waals surface area contributed by atoms with Crippen molar-refractivity contribution < 1.29 is 0 Å². The molecule has 0 aliphatic heterocycles. The van der Waals surface area contributed by atoms with Crippen LogP contribution in [-0.4, -0.2) is 6.54 Å². The van der Waals surface area contributed by atoms with Crippen LogP contribution in [0, 0.1) is 11.8 Å². The minimum absolute atomic E-state index is 0.826. The van der Waals surface area contributed by atoms with Gasteiger partial charge in [-0.15, -0.1) is 0 Å². The molecule has 1 nitrogen and oxygen atoms in total. The monoisotopic (exact) mass is 167 g/mol. The van der Waals surface area contributed by atoms with Gasteiger partial charge in [-0.3, -0.25) is 0 Å². The zero-order valence-corrected chi connectivity index (χ0v) is 8.13. The highest BCUT2D eigenvalue weighted by Gasteiger charge is 2.18. The number of nitrogens with two attached hydrogens (primary N) is 1. The highest BCUT2D eigenvalue weighted by molar-refractivity contribution is 4.83. The summed E-state index contributed by atoms with van der Waals surface area (Å²) >= 11 is 0. The average molecular weight is 167 g/mol. The molecule has 1 fully saturated rings. The van der Waals surface area contributed by atoms with Crippen LogP contribution in [0.4, 0.5) is 0 Å². The molecule has 0 spiro atoms. The first-order valence-electron chi connectivity index (χ1n) is 5.18. The molecule has 70 valence electrons. The lowest BCUT2D eigenvalue weighted by Gasteiger charge is -2.26. The first-order valence-corrected chi connectivity index (χ1v) is 5.18. The summed E-state index contributed by atoms with van der Waals surface area (Å²) in [7, 11) is 0. The maximum atomic E-state index is 5.63. The molecule has 0 atom stereocenters. The Labute approximate surface area is 76.0 Å². The van der Waals surface area contributed by atoms with E-state index < -0.39 is 0 Å². The molecule has 1 heteroatoms. The van der Waals surface area contributed by atoms with Gasteiger partial charge in [0, 0.05) is 0 Å². The Hall–Kier alpha value is -0.300. The van der Waals surface area contributed by atoms with Gasteiger partial charge in [-0.1, -0.05) is 12.2 Å². The number of rotatable bonds is 3. The van der Waals surface area contributed by atoms with Crippen molar-refractivity contribution in [2.75, 3.05) is 6.54 Å². The standard InChI is InChI=1S/C11H21N/c1-2-3-4-10-5-7-11(9-12)8-6-10/h2-3,10-11H,4-9,12H2,1H3/b3-2+. The Bertz CT molecular complexity index is 132. The molecule has 0 aromatic carbocycles. The Morgan fingerprint density at radius 2 is 1.75 bits per heavy atom. The minimum Gasteiger partial charge on any atom is -0.330 e. The number of hydrogen-bond donors (Lipinski definition) is 1. The lowest BCUT2D eigenvalue weighted by atomic mass is 9.80. The summed E-state index contributed by atoms with van der Waals surface area (Å²) in [5.74, 6) is 1.77. The summed E-state index contributed by atoms with van der Waals surface area (Å²) in [4.78, 5) is 0. The van der Waals surface area contributed by atoms with Gasteiger partial charge < -0.3 is 5.73 Å². The zero-order chi connectivity index (χ0) is 8.81. The van der Waals surface area contributed by atoms with Gasteiger partial charge in [0.05, 0.1) is 0 Å². The van der Waals surface area contributed by atoms with Gasteiger partial charge in [-0.25, -0.2) is 0 Å². The molecule has 0 unspecified atom stereocenters. The van der Waals surface area contributed by atoms with Gasteiger partial charge in [-0.05, 0) is 57.4 Å². The Kier molecular flexibility index (Phi) is 4.37. The van der Waals surface area contributed by atoms with Crippen LogP contribution in [-0.2, 0) is 0 Å². The Balaban J connectivity index is 2.17. The predicted octanol–water partition coefficient (Wildman–Crippen LogP) is 2.72. The second-order valence-electron chi connectivity index (χ2n) is 3.93. The molecule has 1 saturated carbocycles. The largest absolute Gasteiger partial charge is 0.330 e. The third-order valence-electron chi connectivity index (χ3n) is 3.00. The summed E-state index contributed by atoms with van der Waals surface area (Å²) in [6.45, 7) is 3.00. The van der Waals surface area contributed by atoms with Crippen molar-refractivity contribution in [3.8, 4) is 0 Å². The first kappa shape index (κ1) is 9.79. The van der Waals surface area contributed by atoms with E-state index >= 15 is 0 Å². The van der Waals surface area contributed by atoms with E-state index in [-0.39, 0.29) is 0 Å². The fraction of sp³-hybridized carbons (Fsp3) is 0.818. The number of allylic oxidation sites excluding steroid dienone is 2. The smallest absolute Gasteiger partial charge is 0.00489 e. The lowest BCUT2D eigenvalue weighted by molar-refractivity contribution is 0.281. The molecule has 1 aliphatic rings. The van der Waals surface area contributed by atoms with Crippen LogP contribution in [0.15, 0.2) is 12.2 Å². The fourth-order valence-electron chi connectivity index (χ4n) is 2.03. The van der Waals surface area contributed by atoms with Crippen LogP contribution in [0.2, 0.25) is 0 Å². The van der Waals surface area contributed by atoms with Crippen LogP contribution in [0.25, 0.3) is 0 Å². The molecule has 1 rings (SSSR count). The van der Waals surface area contributed by atoms with E-state index in [4.69, 9.17) is 5.73 Å². The SMILES string of the molecule is C/C=C/CC1CCC(CN)CC1. The van der Waals surface area contributed by atoms with Crippen molar-refractivity contribution >= 4 is 0 Å². The summed E-state index contributed by atoms with van der Waals surface area (Å²) < 4.78 is 0. The van der Waals surface area contributed by atoms with Crippen LogP contribution in [0.5, 0.6) is 0 Å². The summed E-state index contributed by atoms with van der Waals surface area (Å²) in [6.07, 6.45) is 11.3. The topological polar surface area (TPSA) is 26.0 Å². The molecule has 12 heavy (non-hydrogen) atoms. The van der Waals surface area contributed by atoms with Crippen LogP contribution in [0.1, 0.15) is 39.0 Å². The number of hydrogen-bond acceptors (Lipinski definition) is 1. The van der Waals surface area contributed by atoms with Gasteiger partial charge in [0.2, 0.25) is 0 Å². The molecule has 0 aromatic heterocycles.